The predicted molar refractivity (Wildman–Crippen MR) is 105 cm³/mol. The van der Waals surface area contributed by atoms with E-state index in [2.05, 4.69) is 15.3 Å². The summed E-state index contributed by atoms with van der Waals surface area (Å²) in [6.07, 6.45) is 3.08. The highest BCUT2D eigenvalue weighted by Gasteiger charge is 2.37. The minimum atomic E-state index is -1.08. The zero-order chi connectivity index (χ0) is 20.5. The van der Waals surface area contributed by atoms with Gasteiger partial charge in [0.05, 0.1) is 24.3 Å². The van der Waals surface area contributed by atoms with Gasteiger partial charge in [-0.3, -0.25) is 4.79 Å². The Labute approximate surface area is 164 Å². The smallest absolute Gasteiger partial charge is 0.331 e. The van der Waals surface area contributed by atoms with Gasteiger partial charge in [-0.1, -0.05) is 42.4 Å². The van der Waals surface area contributed by atoms with Crippen molar-refractivity contribution in [3.8, 4) is 0 Å². The highest BCUT2D eigenvalue weighted by atomic mass is 16.5. The molecule has 150 valence electrons. The lowest BCUT2D eigenvalue weighted by molar-refractivity contribution is -0.133. The molecule has 0 unspecified atom stereocenters. The average molecular weight is 386 g/mol. The number of azide groups is 1. The summed E-state index contributed by atoms with van der Waals surface area (Å²) in [7, 11) is 0. The van der Waals surface area contributed by atoms with E-state index >= 15 is 0 Å². The molecule has 1 aliphatic rings. The van der Waals surface area contributed by atoms with E-state index in [1.807, 2.05) is 37.3 Å². The fourth-order valence-corrected chi connectivity index (χ4v) is 3.38. The average Bonchev–Trinajstić information content (AvgIpc) is 2.67. The number of carbonyl (C=O) groups is 2. The zero-order valence-corrected chi connectivity index (χ0v) is 16.1. The topological polar surface area (TPSA) is 124 Å². The number of nitrogens with zero attached hydrogens (tertiary/aromatic N) is 3. The van der Waals surface area contributed by atoms with E-state index in [1.54, 1.807) is 0 Å². The van der Waals surface area contributed by atoms with Gasteiger partial charge in [-0.2, -0.15) is 0 Å². The molecule has 1 amide bonds. The number of rotatable bonds is 9. The lowest BCUT2D eigenvalue weighted by atomic mass is 9.88. The highest BCUT2D eigenvalue weighted by Crippen LogP contribution is 2.27. The minimum Gasteiger partial charge on any atom is -0.478 e. The van der Waals surface area contributed by atoms with Crippen molar-refractivity contribution in [3.63, 3.8) is 0 Å². The van der Waals surface area contributed by atoms with E-state index in [1.165, 1.54) is 18.6 Å². The van der Waals surface area contributed by atoms with Crippen LogP contribution in [0.4, 0.5) is 0 Å². The molecule has 0 aromatic heterocycles. The SMILES string of the molecule is CC[C@H](CCc1ccccc1)O[C@@H]1C=C(C(=O)O)C[C@H](N=[N+]=[N-])[C@H]1NC(C)=O. The number of aryl methyl sites for hydroxylation is 1. The molecule has 0 saturated carbocycles. The number of carboxylic acid groups (broad SMARTS) is 1. The van der Waals surface area contributed by atoms with Crippen LogP contribution in [0.3, 0.4) is 0 Å². The summed E-state index contributed by atoms with van der Waals surface area (Å²) < 4.78 is 6.20. The summed E-state index contributed by atoms with van der Waals surface area (Å²) in [5, 5.41) is 15.9. The van der Waals surface area contributed by atoms with Crippen LogP contribution in [-0.4, -0.2) is 41.3 Å². The first kappa shape index (κ1) is 21.5. The Bertz CT molecular complexity index is 759. The molecule has 0 bridgehead atoms. The molecule has 2 rings (SSSR count). The Morgan fingerprint density at radius 2 is 2.11 bits per heavy atom. The molecule has 0 aliphatic heterocycles. The fourth-order valence-electron chi connectivity index (χ4n) is 3.38. The van der Waals surface area contributed by atoms with Gasteiger partial charge >= 0.3 is 5.97 Å². The Balaban J connectivity index is 2.19. The van der Waals surface area contributed by atoms with Crippen LogP contribution in [-0.2, 0) is 20.7 Å². The number of hydrogen-bond acceptors (Lipinski definition) is 4. The third-order valence-electron chi connectivity index (χ3n) is 4.81. The van der Waals surface area contributed by atoms with Crippen molar-refractivity contribution in [3.05, 3.63) is 58.0 Å². The molecule has 8 heteroatoms. The second kappa shape index (κ2) is 10.5. The van der Waals surface area contributed by atoms with E-state index in [9.17, 15) is 14.7 Å². The summed E-state index contributed by atoms with van der Waals surface area (Å²) in [5.41, 5.74) is 10.2. The number of ether oxygens (including phenoxy) is 1. The van der Waals surface area contributed by atoms with Crippen LogP contribution in [0.2, 0.25) is 0 Å². The maximum absolute atomic E-state index is 11.7. The number of nitrogens with one attached hydrogen (secondary N) is 1. The Morgan fingerprint density at radius 1 is 1.39 bits per heavy atom. The largest absolute Gasteiger partial charge is 0.478 e. The van der Waals surface area contributed by atoms with Crippen LogP contribution >= 0.6 is 0 Å². The van der Waals surface area contributed by atoms with Crippen LogP contribution in [0.25, 0.3) is 10.4 Å². The second-order valence-corrected chi connectivity index (χ2v) is 6.85. The fraction of sp³-hybridized carbons (Fsp3) is 0.500. The molecule has 1 aromatic carbocycles. The maximum Gasteiger partial charge on any atom is 0.331 e. The van der Waals surface area contributed by atoms with Crippen LogP contribution in [0.5, 0.6) is 0 Å². The molecule has 0 radical (unpaired) electrons. The Morgan fingerprint density at radius 3 is 2.68 bits per heavy atom. The number of benzene rings is 1. The van der Waals surface area contributed by atoms with Crippen LogP contribution in [0.1, 0.15) is 38.7 Å². The number of aliphatic carboxylic acids is 1. The van der Waals surface area contributed by atoms with Crippen molar-refractivity contribution < 1.29 is 19.4 Å². The lowest BCUT2D eigenvalue weighted by Crippen LogP contribution is -2.53. The first-order valence-electron chi connectivity index (χ1n) is 9.39. The molecule has 0 fully saturated rings. The van der Waals surface area contributed by atoms with E-state index < -0.39 is 24.2 Å². The summed E-state index contributed by atoms with van der Waals surface area (Å²) in [6, 6.07) is 8.70. The van der Waals surface area contributed by atoms with Gasteiger partial charge in [-0.15, -0.1) is 0 Å². The van der Waals surface area contributed by atoms with Gasteiger partial charge in [-0.25, -0.2) is 4.79 Å². The second-order valence-electron chi connectivity index (χ2n) is 6.85. The first-order valence-corrected chi connectivity index (χ1v) is 9.39. The van der Waals surface area contributed by atoms with Gasteiger partial charge in [0.25, 0.3) is 0 Å². The molecule has 1 aliphatic carbocycles. The van der Waals surface area contributed by atoms with Crippen molar-refractivity contribution in [2.75, 3.05) is 0 Å². The molecular formula is C20H26N4O4. The third-order valence-corrected chi connectivity index (χ3v) is 4.81. The van der Waals surface area contributed by atoms with Gasteiger partial charge in [-0.05, 0) is 42.9 Å². The molecule has 28 heavy (non-hydrogen) atoms. The molecule has 2 N–H and O–H groups in total. The van der Waals surface area contributed by atoms with Gasteiger partial charge < -0.3 is 15.2 Å². The van der Waals surface area contributed by atoms with E-state index in [0.717, 1.165) is 19.3 Å². The van der Waals surface area contributed by atoms with Gasteiger partial charge in [0.2, 0.25) is 5.91 Å². The first-order chi connectivity index (χ1) is 13.4. The van der Waals surface area contributed by atoms with Crippen molar-refractivity contribution >= 4 is 11.9 Å². The number of amides is 1. The molecule has 1 aromatic rings. The van der Waals surface area contributed by atoms with Crippen molar-refractivity contribution in [2.24, 2.45) is 5.11 Å². The summed E-state index contributed by atoms with van der Waals surface area (Å²) in [4.78, 5) is 26.0. The Kier molecular flexibility index (Phi) is 8.04. The monoisotopic (exact) mass is 386 g/mol. The minimum absolute atomic E-state index is 0.0466. The predicted octanol–water partition coefficient (Wildman–Crippen LogP) is 3.38. The van der Waals surface area contributed by atoms with E-state index in [0.29, 0.717) is 0 Å². The number of carbonyl (C=O) groups excluding carboxylic acids is 1. The van der Waals surface area contributed by atoms with Crippen molar-refractivity contribution in [1.29, 1.82) is 0 Å². The molecular weight excluding hydrogens is 360 g/mol. The lowest BCUT2D eigenvalue weighted by Gasteiger charge is -2.36. The summed E-state index contributed by atoms with van der Waals surface area (Å²) in [6.45, 7) is 3.37. The molecule has 0 heterocycles. The van der Waals surface area contributed by atoms with Crippen LogP contribution < -0.4 is 5.32 Å². The Hall–Kier alpha value is -2.83. The van der Waals surface area contributed by atoms with E-state index in [-0.39, 0.29) is 24.0 Å². The summed E-state index contributed by atoms with van der Waals surface area (Å²) >= 11 is 0. The van der Waals surface area contributed by atoms with Gasteiger partial charge in [0.15, 0.2) is 0 Å². The van der Waals surface area contributed by atoms with Crippen LogP contribution in [0.15, 0.2) is 47.1 Å². The molecule has 4 atom stereocenters. The van der Waals surface area contributed by atoms with Gasteiger partial charge in [0.1, 0.15) is 0 Å². The molecule has 8 nitrogen and oxygen atoms in total. The van der Waals surface area contributed by atoms with Gasteiger partial charge in [0, 0.05) is 17.4 Å². The molecule has 0 saturated heterocycles. The zero-order valence-electron chi connectivity index (χ0n) is 16.1. The number of hydrogen-bond donors (Lipinski definition) is 2. The number of carboxylic acids is 1. The van der Waals surface area contributed by atoms with Crippen molar-refractivity contribution in [1.82, 2.24) is 5.32 Å². The summed E-state index contributed by atoms with van der Waals surface area (Å²) in [5.74, 6) is -1.37. The van der Waals surface area contributed by atoms with Crippen molar-refractivity contribution in [2.45, 2.75) is 63.8 Å². The molecule has 0 spiro atoms. The standard InChI is InChI=1S/C20H26N4O4/c1-3-16(10-9-14-7-5-4-6-8-14)28-18-12-15(20(26)27)11-17(23-24-21)19(18)22-13(2)25/h4-8,12,16-19H,3,9-11H2,1-2H3,(H,22,25)(H,26,27)/t16-,17+,18-,19-/m1/s1. The van der Waals surface area contributed by atoms with Crippen LogP contribution in [0, 0.1) is 0 Å². The maximum atomic E-state index is 11.7. The van der Waals surface area contributed by atoms with E-state index in [4.69, 9.17) is 10.3 Å². The third kappa shape index (κ3) is 6.11. The normalized spacial score (nSPS) is 22.5. The highest BCUT2D eigenvalue weighted by molar-refractivity contribution is 5.87. The quantitative estimate of drug-likeness (QED) is 0.383.